The molecule has 1 aliphatic carbocycles. The van der Waals surface area contributed by atoms with Crippen LogP contribution in [-0.2, 0) is 5.33 Å². The van der Waals surface area contributed by atoms with Gasteiger partial charge in [-0.25, -0.2) is 0 Å². The van der Waals surface area contributed by atoms with E-state index in [-0.39, 0.29) is 0 Å². The number of hydrogen-bond acceptors (Lipinski definition) is 1. The van der Waals surface area contributed by atoms with Crippen molar-refractivity contribution in [2.75, 3.05) is 0 Å². The molecule has 1 fully saturated rings. The van der Waals surface area contributed by atoms with Gasteiger partial charge in [-0.2, -0.15) is 5.10 Å². The van der Waals surface area contributed by atoms with Crippen molar-refractivity contribution in [3.8, 4) is 0 Å². The molecule has 3 heteroatoms. The summed E-state index contributed by atoms with van der Waals surface area (Å²) in [6.07, 6.45) is 8.79. The quantitative estimate of drug-likeness (QED) is 0.752. The smallest absolute Gasteiger partial charge is 0.0533 e. The van der Waals surface area contributed by atoms with Crippen LogP contribution in [0.4, 0.5) is 0 Å². The van der Waals surface area contributed by atoms with Gasteiger partial charge in [0.2, 0.25) is 0 Å². The number of hydrogen-bond donors (Lipinski definition) is 0. The SMILES string of the molecule is CC(C)c1c(CBr)cnn1C1CCCCC1. The molecule has 0 aromatic carbocycles. The zero-order chi connectivity index (χ0) is 11.5. The van der Waals surface area contributed by atoms with Crippen LogP contribution in [-0.4, -0.2) is 9.78 Å². The van der Waals surface area contributed by atoms with E-state index in [1.165, 1.54) is 43.4 Å². The molecule has 0 unspecified atom stereocenters. The van der Waals surface area contributed by atoms with E-state index in [0.29, 0.717) is 12.0 Å². The van der Waals surface area contributed by atoms with Gasteiger partial charge in [0.15, 0.2) is 0 Å². The highest BCUT2D eigenvalue weighted by molar-refractivity contribution is 9.08. The molecule has 0 bridgehead atoms. The highest BCUT2D eigenvalue weighted by Crippen LogP contribution is 2.32. The summed E-state index contributed by atoms with van der Waals surface area (Å²) in [7, 11) is 0. The number of halogens is 1. The van der Waals surface area contributed by atoms with E-state index >= 15 is 0 Å². The Hall–Kier alpha value is -0.310. The Bertz CT molecular complexity index is 338. The predicted octanol–water partition coefficient (Wildman–Crippen LogP) is 4.41. The molecule has 1 aliphatic rings. The fourth-order valence-electron chi connectivity index (χ4n) is 2.76. The van der Waals surface area contributed by atoms with E-state index in [1.54, 1.807) is 0 Å². The van der Waals surface area contributed by atoms with Crippen LogP contribution in [0.25, 0.3) is 0 Å². The maximum atomic E-state index is 4.62. The zero-order valence-electron chi connectivity index (χ0n) is 10.2. The second-order valence-corrected chi connectivity index (χ2v) is 5.64. The molecule has 0 saturated heterocycles. The molecule has 0 aliphatic heterocycles. The average molecular weight is 285 g/mol. The van der Waals surface area contributed by atoms with E-state index in [1.807, 2.05) is 6.20 Å². The highest BCUT2D eigenvalue weighted by atomic mass is 79.9. The highest BCUT2D eigenvalue weighted by Gasteiger charge is 2.21. The zero-order valence-corrected chi connectivity index (χ0v) is 11.8. The molecule has 0 spiro atoms. The lowest BCUT2D eigenvalue weighted by Crippen LogP contribution is -2.17. The van der Waals surface area contributed by atoms with E-state index in [0.717, 1.165) is 5.33 Å². The third-order valence-corrected chi connectivity index (χ3v) is 4.13. The number of aromatic nitrogens is 2. The summed E-state index contributed by atoms with van der Waals surface area (Å²) >= 11 is 3.56. The minimum Gasteiger partial charge on any atom is -0.266 e. The molecule has 2 rings (SSSR count). The van der Waals surface area contributed by atoms with Gasteiger partial charge in [0.25, 0.3) is 0 Å². The lowest BCUT2D eigenvalue weighted by atomic mass is 9.94. The molecule has 0 amide bonds. The van der Waals surface area contributed by atoms with E-state index in [4.69, 9.17) is 0 Å². The van der Waals surface area contributed by atoms with Crippen LogP contribution in [0.1, 0.15) is 69.2 Å². The third-order valence-electron chi connectivity index (χ3n) is 3.53. The fourth-order valence-corrected chi connectivity index (χ4v) is 3.19. The van der Waals surface area contributed by atoms with Crippen molar-refractivity contribution >= 4 is 15.9 Å². The molecule has 1 saturated carbocycles. The topological polar surface area (TPSA) is 17.8 Å². The Morgan fingerprint density at radius 2 is 2.06 bits per heavy atom. The Balaban J connectivity index is 2.28. The third kappa shape index (κ3) is 2.34. The van der Waals surface area contributed by atoms with Crippen molar-refractivity contribution in [3.05, 3.63) is 17.5 Å². The van der Waals surface area contributed by atoms with Crippen molar-refractivity contribution < 1.29 is 0 Å². The van der Waals surface area contributed by atoms with Gasteiger partial charge in [-0.1, -0.05) is 49.0 Å². The van der Waals surface area contributed by atoms with Gasteiger partial charge in [-0.05, 0) is 18.8 Å². The summed E-state index contributed by atoms with van der Waals surface area (Å²) in [6.45, 7) is 4.53. The fraction of sp³-hybridized carbons (Fsp3) is 0.769. The minimum atomic E-state index is 0.567. The van der Waals surface area contributed by atoms with E-state index in [2.05, 4.69) is 39.6 Å². The maximum Gasteiger partial charge on any atom is 0.0533 e. The summed E-state index contributed by atoms with van der Waals surface area (Å²) in [6, 6.07) is 0.652. The van der Waals surface area contributed by atoms with E-state index in [9.17, 15) is 0 Å². The van der Waals surface area contributed by atoms with Crippen LogP contribution in [0.3, 0.4) is 0 Å². The van der Waals surface area contributed by atoms with Gasteiger partial charge < -0.3 is 0 Å². The number of nitrogens with zero attached hydrogens (tertiary/aromatic N) is 2. The predicted molar refractivity (Wildman–Crippen MR) is 71.1 cm³/mol. The maximum absolute atomic E-state index is 4.62. The van der Waals surface area contributed by atoms with Gasteiger partial charge in [-0.15, -0.1) is 0 Å². The van der Waals surface area contributed by atoms with Crippen LogP contribution in [0.2, 0.25) is 0 Å². The van der Waals surface area contributed by atoms with E-state index < -0.39 is 0 Å². The minimum absolute atomic E-state index is 0.567. The van der Waals surface area contributed by atoms with Crippen molar-refractivity contribution in [3.63, 3.8) is 0 Å². The van der Waals surface area contributed by atoms with Crippen LogP contribution in [0.5, 0.6) is 0 Å². The first-order valence-electron chi connectivity index (χ1n) is 6.36. The van der Waals surface area contributed by atoms with Crippen molar-refractivity contribution in [1.29, 1.82) is 0 Å². The summed E-state index contributed by atoms with van der Waals surface area (Å²) < 4.78 is 2.31. The summed E-state index contributed by atoms with van der Waals surface area (Å²) in [5.41, 5.74) is 2.80. The molecule has 90 valence electrons. The molecular weight excluding hydrogens is 264 g/mol. The first-order chi connectivity index (χ1) is 7.74. The van der Waals surface area contributed by atoms with Gasteiger partial charge in [-0.3, -0.25) is 4.68 Å². The summed E-state index contributed by atoms with van der Waals surface area (Å²) in [5.74, 6) is 0.567. The largest absolute Gasteiger partial charge is 0.266 e. The van der Waals surface area contributed by atoms with Crippen LogP contribution < -0.4 is 0 Å². The van der Waals surface area contributed by atoms with Crippen LogP contribution in [0, 0.1) is 0 Å². The first-order valence-corrected chi connectivity index (χ1v) is 7.48. The Labute approximate surface area is 107 Å². The summed E-state index contributed by atoms with van der Waals surface area (Å²) in [5, 5.41) is 5.54. The van der Waals surface area contributed by atoms with Crippen LogP contribution in [0.15, 0.2) is 6.20 Å². The first kappa shape index (κ1) is 12.2. The van der Waals surface area contributed by atoms with Gasteiger partial charge in [0.1, 0.15) is 0 Å². The van der Waals surface area contributed by atoms with Crippen molar-refractivity contribution in [2.45, 2.75) is 63.2 Å². The second-order valence-electron chi connectivity index (χ2n) is 5.08. The Morgan fingerprint density at radius 3 is 2.62 bits per heavy atom. The molecular formula is C13H21BrN2. The van der Waals surface area contributed by atoms with Gasteiger partial charge >= 0.3 is 0 Å². The monoisotopic (exact) mass is 284 g/mol. The average Bonchev–Trinajstić information content (AvgIpc) is 2.73. The van der Waals surface area contributed by atoms with Crippen molar-refractivity contribution in [1.82, 2.24) is 9.78 Å². The molecule has 1 aromatic heterocycles. The standard InChI is InChI=1S/C13H21BrN2/c1-10(2)13-11(8-14)9-15-16(13)12-6-4-3-5-7-12/h9-10,12H,3-8H2,1-2H3. The lowest BCUT2D eigenvalue weighted by Gasteiger charge is -2.25. The number of rotatable bonds is 3. The number of alkyl halides is 1. The second kappa shape index (κ2) is 5.35. The Kier molecular flexibility index (Phi) is 4.06. The molecule has 1 heterocycles. The molecule has 1 aromatic rings. The van der Waals surface area contributed by atoms with Crippen molar-refractivity contribution in [2.24, 2.45) is 0 Å². The normalized spacial score (nSPS) is 18.2. The molecule has 0 N–H and O–H groups in total. The molecule has 0 atom stereocenters. The molecule has 2 nitrogen and oxygen atoms in total. The Morgan fingerprint density at radius 1 is 1.38 bits per heavy atom. The summed E-state index contributed by atoms with van der Waals surface area (Å²) in [4.78, 5) is 0. The van der Waals surface area contributed by atoms with Gasteiger partial charge in [0.05, 0.1) is 12.2 Å². The molecule has 16 heavy (non-hydrogen) atoms. The van der Waals surface area contributed by atoms with Crippen LogP contribution >= 0.6 is 15.9 Å². The lowest BCUT2D eigenvalue weighted by molar-refractivity contribution is 0.319. The molecule has 0 radical (unpaired) electrons. The van der Waals surface area contributed by atoms with Gasteiger partial charge in [0, 0.05) is 16.6 Å².